The van der Waals surface area contributed by atoms with Crippen molar-refractivity contribution in [2.24, 2.45) is 0 Å². The maximum Gasteiger partial charge on any atom is 0.243 e. The third kappa shape index (κ3) is 11.0. The highest BCUT2D eigenvalue weighted by Crippen LogP contribution is 2.05. The summed E-state index contributed by atoms with van der Waals surface area (Å²) < 4.78 is 0. The Morgan fingerprint density at radius 3 is 1.33 bits per heavy atom. The Morgan fingerprint density at radius 1 is 0.567 bits per heavy atom. The van der Waals surface area contributed by atoms with Gasteiger partial charge in [0.15, 0.2) is 0 Å². The fourth-order valence-corrected chi connectivity index (χ4v) is 2.97. The number of hydrogen-bond acceptors (Lipinski definition) is 2. The van der Waals surface area contributed by atoms with Gasteiger partial charge in [0.25, 0.3) is 0 Å². The van der Waals surface area contributed by atoms with E-state index in [0.29, 0.717) is 13.1 Å². The van der Waals surface area contributed by atoms with Crippen molar-refractivity contribution in [1.82, 2.24) is 10.6 Å². The minimum Gasteiger partial charge on any atom is -0.353 e. The van der Waals surface area contributed by atoms with Crippen LogP contribution in [0.5, 0.6) is 0 Å². The molecule has 0 spiro atoms. The maximum atomic E-state index is 11.8. The first-order valence-corrected chi connectivity index (χ1v) is 10.8. The molecule has 0 aliphatic heterocycles. The molecule has 0 atom stereocenters. The van der Waals surface area contributed by atoms with Gasteiger partial charge in [0.2, 0.25) is 11.8 Å². The highest BCUT2D eigenvalue weighted by molar-refractivity contribution is 5.92. The monoisotopic (exact) mass is 404 g/mol. The van der Waals surface area contributed by atoms with Gasteiger partial charge < -0.3 is 10.6 Å². The normalized spacial score (nSPS) is 11.1. The average molecular weight is 405 g/mol. The van der Waals surface area contributed by atoms with Crippen molar-refractivity contribution < 1.29 is 9.59 Å². The number of benzene rings is 2. The summed E-state index contributed by atoms with van der Waals surface area (Å²) in [6, 6.07) is 19.6. The summed E-state index contributed by atoms with van der Waals surface area (Å²) in [4.78, 5) is 23.5. The highest BCUT2D eigenvalue weighted by atomic mass is 16.2. The van der Waals surface area contributed by atoms with Crippen molar-refractivity contribution in [3.63, 3.8) is 0 Å². The van der Waals surface area contributed by atoms with Crippen molar-refractivity contribution >= 4 is 24.0 Å². The smallest absolute Gasteiger partial charge is 0.243 e. The van der Waals surface area contributed by atoms with E-state index in [0.717, 1.165) is 49.7 Å². The summed E-state index contributed by atoms with van der Waals surface area (Å²) >= 11 is 0. The van der Waals surface area contributed by atoms with Crippen LogP contribution >= 0.6 is 0 Å². The second-order valence-electron chi connectivity index (χ2n) is 7.19. The maximum absolute atomic E-state index is 11.8. The third-order valence-corrected chi connectivity index (χ3v) is 4.66. The Morgan fingerprint density at radius 2 is 0.933 bits per heavy atom. The van der Waals surface area contributed by atoms with Crippen molar-refractivity contribution in [1.29, 1.82) is 0 Å². The second-order valence-corrected chi connectivity index (χ2v) is 7.19. The van der Waals surface area contributed by atoms with Gasteiger partial charge in [-0.3, -0.25) is 9.59 Å². The summed E-state index contributed by atoms with van der Waals surface area (Å²) in [6.45, 7) is 1.42. The fraction of sp³-hybridized carbons (Fsp3) is 0.308. The van der Waals surface area contributed by atoms with Crippen LogP contribution in [0.2, 0.25) is 0 Å². The van der Waals surface area contributed by atoms with Crippen molar-refractivity contribution in [2.75, 3.05) is 13.1 Å². The average Bonchev–Trinajstić information content (AvgIpc) is 2.79. The number of unbranched alkanes of at least 4 members (excludes halogenated alkanes) is 5. The van der Waals surface area contributed by atoms with Crippen molar-refractivity contribution in [3.8, 4) is 0 Å². The molecule has 30 heavy (non-hydrogen) atoms. The van der Waals surface area contributed by atoms with Gasteiger partial charge in [-0.2, -0.15) is 0 Å². The predicted octanol–water partition coefficient (Wildman–Crippen LogP) is 4.99. The van der Waals surface area contributed by atoms with Crippen LogP contribution in [0.15, 0.2) is 72.8 Å². The van der Waals surface area contributed by atoms with E-state index in [1.165, 1.54) is 0 Å². The molecule has 0 fully saturated rings. The molecule has 0 heterocycles. The van der Waals surface area contributed by atoms with Crippen LogP contribution < -0.4 is 10.6 Å². The summed E-state index contributed by atoms with van der Waals surface area (Å²) in [5.41, 5.74) is 2.05. The number of hydrogen-bond donors (Lipinski definition) is 2. The molecular weight excluding hydrogens is 372 g/mol. The number of rotatable bonds is 13. The Bertz CT molecular complexity index is 729. The molecule has 2 aromatic carbocycles. The van der Waals surface area contributed by atoms with Gasteiger partial charge in [0.05, 0.1) is 0 Å². The number of carbonyl (C=O) groups excluding carboxylic acids is 2. The molecule has 4 heteroatoms. The lowest BCUT2D eigenvalue weighted by molar-refractivity contribution is -0.117. The molecule has 4 nitrogen and oxygen atoms in total. The van der Waals surface area contributed by atoms with E-state index in [9.17, 15) is 9.59 Å². The van der Waals surface area contributed by atoms with Crippen LogP contribution in [0.3, 0.4) is 0 Å². The number of nitrogens with one attached hydrogen (secondary N) is 2. The lowest BCUT2D eigenvalue weighted by atomic mass is 10.1. The number of amides is 2. The Hall–Kier alpha value is -3.14. The topological polar surface area (TPSA) is 58.2 Å². The Kier molecular flexibility index (Phi) is 11.4. The minimum absolute atomic E-state index is 0.0455. The molecule has 0 aromatic heterocycles. The van der Waals surface area contributed by atoms with Crippen LogP contribution in [-0.2, 0) is 9.59 Å². The van der Waals surface area contributed by atoms with Crippen LogP contribution in [0, 0.1) is 0 Å². The first-order chi connectivity index (χ1) is 14.7. The second kappa shape index (κ2) is 14.8. The SMILES string of the molecule is O=C(/C=C\c1ccccc1)NCCCCCCCCNC(=O)/C=C/c1ccccc1. The summed E-state index contributed by atoms with van der Waals surface area (Å²) in [5, 5.41) is 5.84. The molecule has 0 bridgehead atoms. The zero-order chi connectivity index (χ0) is 21.3. The molecule has 0 saturated heterocycles. The lowest BCUT2D eigenvalue weighted by Crippen LogP contribution is -2.22. The van der Waals surface area contributed by atoms with Crippen LogP contribution in [0.25, 0.3) is 12.2 Å². The van der Waals surface area contributed by atoms with Gasteiger partial charge in [0, 0.05) is 25.2 Å². The summed E-state index contributed by atoms with van der Waals surface area (Å²) in [6.07, 6.45) is 13.3. The van der Waals surface area contributed by atoms with Gasteiger partial charge in [-0.1, -0.05) is 86.3 Å². The standard InChI is InChI=1S/C26H32N2O2/c29-25(19-17-23-13-7-5-8-14-23)27-21-11-3-1-2-4-12-22-28-26(30)20-18-24-15-9-6-10-16-24/h5-10,13-20H,1-4,11-12,21-22H2,(H,27,29)(H,28,30)/b19-17-,20-18+. The lowest BCUT2D eigenvalue weighted by Gasteiger charge is -2.04. The molecule has 0 unspecified atom stereocenters. The Balaban J connectivity index is 1.40. The van der Waals surface area contributed by atoms with Gasteiger partial charge in [0.1, 0.15) is 0 Å². The van der Waals surface area contributed by atoms with E-state index in [1.807, 2.05) is 72.8 Å². The molecule has 2 rings (SSSR count). The van der Waals surface area contributed by atoms with E-state index >= 15 is 0 Å². The molecule has 158 valence electrons. The summed E-state index contributed by atoms with van der Waals surface area (Å²) in [5.74, 6) is -0.0909. The molecule has 0 aliphatic rings. The Labute approximate surface area is 180 Å². The van der Waals surface area contributed by atoms with Crippen LogP contribution in [0.4, 0.5) is 0 Å². The van der Waals surface area contributed by atoms with E-state index in [-0.39, 0.29) is 11.8 Å². The van der Waals surface area contributed by atoms with Crippen molar-refractivity contribution in [2.45, 2.75) is 38.5 Å². The highest BCUT2D eigenvalue weighted by Gasteiger charge is 1.97. The fourth-order valence-electron chi connectivity index (χ4n) is 2.97. The largest absolute Gasteiger partial charge is 0.353 e. The third-order valence-electron chi connectivity index (χ3n) is 4.66. The van der Waals surface area contributed by atoms with Gasteiger partial charge >= 0.3 is 0 Å². The zero-order valence-corrected chi connectivity index (χ0v) is 17.6. The molecule has 0 saturated carbocycles. The molecule has 2 amide bonds. The quantitative estimate of drug-likeness (QED) is 0.365. The molecule has 2 aromatic rings. The van der Waals surface area contributed by atoms with Gasteiger partial charge in [-0.05, 0) is 36.1 Å². The van der Waals surface area contributed by atoms with Crippen LogP contribution in [-0.4, -0.2) is 24.9 Å². The van der Waals surface area contributed by atoms with Gasteiger partial charge in [-0.25, -0.2) is 0 Å². The zero-order valence-electron chi connectivity index (χ0n) is 17.6. The molecular formula is C26H32N2O2. The predicted molar refractivity (Wildman–Crippen MR) is 125 cm³/mol. The number of carbonyl (C=O) groups is 2. The minimum atomic E-state index is -0.0455. The molecule has 2 N–H and O–H groups in total. The van der Waals surface area contributed by atoms with E-state index in [4.69, 9.17) is 0 Å². The first-order valence-electron chi connectivity index (χ1n) is 10.8. The molecule has 0 aliphatic carbocycles. The van der Waals surface area contributed by atoms with Crippen molar-refractivity contribution in [3.05, 3.63) is 83.9 Å². The molecule has 0 radical (unpaired) electrons. The van der Waals surface area contributed by atoms with Crippen LogP contribution in [0.1, 0.15) is 49.7 Å². The first kappa shape index (κ1) is 23.1. The van der Waals surface area contributed by atoms with E-state index in [2.05, 4.69) is 10.6 Å². The van der Waals surface area contributed by atoms with E-state index < -0.39 is 0 Å². The van der Waals surface area contributed by atoms with E-state index in [1.54, 1.807) is 12.2 Å². The summed E-state index contributed by atoms with van der Waals surface area (Å²) in [7, 11) is 0. The van der Waals surface area contributed by atoms with Gasteiger partial charge in [-0.15, -0.1) is 0 Å².